The monoisotopic (exact) mass is 321 g/mol. The van der Waals surface area contributed by atoms with Gasteiger partial charge in [-0.15, -0.1) is 0 Å². The van der Waals surface area contributed by atoms with Crippen molar-refractivity contribution in [3.05, 3.63) is 73.3 Å². The van der Waals surface area contributed by atoms with Gasteiger partial charge in [-0.1, -0.05) is 11.6 Å². The van der Waals surface area contributed by atoms with Crippen LogP contribution in [-0.2, 0) is 0 Å². The second-order valence-electron chi connectivity index (χ2n) is 4.21. The first-order chi connectivity index (χ1) is 10.4. The fraction of sp³-hybridized carbons (Fsp3) is 0. The summed E-state index contributed by atoms with van der Waals surface area (Å²) < 4.78 is 0. The molecule has 0 atom stereocenters. The molecule has 0 aliphatic carbocycles. The third kappa shape index (κ3) is 3.55. The lowest BCUT2D eigenvalue weighted by Gasteiger charge is -2.05. The van der Waals surface area contributed by atoms with E-state index in [4.69, 9.17) is 11.6 Å². The molecule has 0 aliphatic rings. The maximum atomic E-state index is 12.1. The van der Waals surface area contributed by atoms with Gasteiger partial charge < -0.3 is 5.32 Å². The molecule has 9 heteroatoms. The van der Waals surface area contributed by atoms with Gasteiger partial charge in [-0.05, 0) is 24.3 Å². The zero-order valence-corrected chi connectivity index (χ0v) is 11.6. The molecule has 0 aromatic heterocycles. The van der Waals surface area contributed by atoms with Crippen LogP contribution >= 0.6 is 11.6 Å². The van der Waals surface area contributed by atoms with E-state index in [-0.39, 0.29) is 5.56 Å². The molecule has 0 radical (unpaired) electrons. The number of hydrogen-bond acceptors (Lipinski definition) is 5. The predicted molar refractivity (Wildman–Crippen MR) is 79.2 cm³/mol. The number of nitro benzene ring substituents is 2. The highest BCUT2D eigenvalue weighted by atomic mass is 35.5. The molecule has 8 nitrogen and oxygen atoms in total. The van der Waals surface area contributed by atoms with Crippen molar-refractivity contribution in [3.63, 3.8) is 0 Å². The number of nitrogens with one attached hydrogen (secondary N) is 1. The van der Waals surface area contributed by atoms with Crippen molar-refractivity contribution in [2.24, 2.45) is 0 Å². The summed E-state index contributed by atoms with van der Waals surface area (Å²) in [5.41, 5.74) is -0.842. The Bertz CT molecular complexity index is 729. The van der Waals surface area contributed by atoms with Gasteiger partial charge in [-0.25, -0.2) is 0 Å². The third-order valence-electron chi connectivity index (χ3n) is 2.69. The quantitative estimate of drug-likeness (QED) is 0.684. The minimum absolute atomic E-state index is 0.184. The number of nitrogens with zero attached hydrogens (tertiary/aromatic N) is 2. The Morgan fingerprint density at radius 1 is 0.955 bits per heavy atom. The summed E-state index contributed by atoms with van der Waals surface area (Å²) in [5.74, 6) is -0.700. The molecular formula is C13H8ClN3O5. The number of hydrogen-bond donors (Lipinski definition) is 1. The SMILES string of the molecule is O=C(Nc1ccc(Cl)cc1)c1cc([N+](=O)[O-])cc([N+](=O)[O-])c1. The van der Waals surface area contributed by atoms with Crippen molar-refractivity contribution < 1.29 is 14.6 Å². The second kappa shape index (κ2) is 6.19. The number of halogens is 1. The lowest BCUT2D eigenvalue weighted by Crippen LogP contribution is -2.12. The molecule has 0 saturated carbocycles. The second-order valence-corrected chi connectivity index (χ2v) is 4.65. The topological polar surface area (TPSA) is 115 Å². The number of carbonyl (C=O) groups excluding carboxylic acids is 1. The minimum atomic E-state index is -0.800. The number of rotatable bonds is 4. The molecule has 0 saturated heterocycles. The zero-order valence-electron chi connectivity index (χ0n) is 10.9. The molecule has 2 aromatic carbocycles. The van der Waals surface area contributed by atoms with Crippen LogP contribution in [0.1, 0.15) is 10.4 Å². The first-order valence-corrected chi connectivity index (χ1v) is 6.25. The normalized spacial score (nSPS) is 10.0. The van der Waals surface area contributed by atoms with Crippen LogP contribution in [0, 0.1) is 20.2 Å². The van der Waals surface area contributed by atoms with Gasteiger partial charge in [0.05, 0.1) is 21.5 Å². The number of anilines is 1. The Labute approximate surface area is 128 Å². The number of nitro groups is 2. The van der Waals surface area contributed by atoms with Crippen LogP contribution in [-0.4, -0.2) is 15.8 Å². The molecule has 22 heavy (non-hydrogen) atoms. The van der Waals surface area contributed by atoms with Gasteiger partial charge in [0.15, 0.2) is 0 Å². The first kappa shape index (κ1) is 15.4. The van der Waals surface area contributed by atoms with E-state index in [2.05, 4.69) is 5.32 Å². The average molecular weight is 322 g/mol. The van der Waals surface area contributed by atoms with Crippen LogP contribution in [0.15, 0.2) is 42.5 Å². The van der Waals surface area contributed by atoms with Crippen molar-refractivity contribution in [1.82, 2.24) is 0 Å². The van der Waals surface area contributed by atoms with E-state index >= 15 is 0 Å². The van der Waals surface area contributed by atoms with Crippen LogP contribution in [0.25, 0.3) is 0 Å². The van der Waals surface area contributed by atoms with E-state index in [9.17, 15) is 25.0 Å². The average Bonchev–Trinajstić information content (AvgIpc) is 2.49. The molecule has 0 aliphatic heterocycles. The molecule has 112 valence electrons. The summed E-state index contributed by atoms with van der Waals surface area (Å²) in [6, 6.07) is 8.90. The van der Waals surface area contributed by atoms with E-state index in [1.165, 1.54) is 12.1 Å². The first-order valence-electron chi connectivity index (χ1n) is 5.87. The summed E-state index contributed by atoms with van der Waals surface area (Å²) in [7, 11) is 0. The highest BCUT2D eigenvalue weighted by Gasteiger charge is 2.19. The summed E-state index contributed by atoms with van der Waals surface area (Å²) in [6.45, 7) is 0. The molecule has 0 spiro atoms. The van der Waals surface area contributed by atoms with Crippen molar-refractivity contribution in [1.29, 1.82) is 0 Å². The highest BCUT2D eigenvalue weighted by Crippen LogP contribution is 2.23. The van der Waals surface area contributed by atoms with Crippen molar-refractivity contribution >= 4 is 34.6 Å². The van der Waals surface area contributed by atoms with Crippen LogP contribution in [0.5, 0.6) is 0 Å². The van der Waals surface area contributed by atoms with Gasteiger partial charge in [-0.3, -0.25) is 25.0 Å². The molecule has 0 fully saturated rings. The summed E-state index contributed by atoms with van der Waals surface area (Å²) in [6.07, 6.45) is 0. The summed E-state index contributed by atoms with van der Waals surface area (Å²) in [4.78, 5) is 32.0. The molecular weight excluding hydrogens is 314 g/mol. The number of benzene rings is 2. The third-order valence-corrected chi connectivity index (χ3v) is 2.94. The Morgan fingerprint density at radius 2 is 1.45 bits per heavy atom. The number of amides is 1. The predicted octanol–water partition coefficient (Wildman–Crippen LogP) is 3.41. The number of carbonyl (C=O) groups is 1. The molecule has 2 aromatic rings. The van der Waals surface area contributed by atoms with E-state index in [1.807, 2.05) is 0 Å². The summed E-state index contributed by atoms with van der Waals surface area (Å²) >= 11 is 5.71. The highest BCUT2D eigenvalue weighted by molar-refractivity contribution is 6.30. The standard InChI is InChI=1S/C13H8ClN3O5/c14-9-1-3-10(4-2-9)15-13(18)8-5-11(16(19)20)7-12(6-8)17(21)22/h1-7H,(H,15,18). The van der Waals surface area contributed by atoms with Crippen molar-refractivity contribution in [2.75, 3.05) is 5.32 Å². The van der Waals surface area contributed by atoms with Gasteiger partial charge in [0.1, 0.15) is 0 Å². The van der Waals surface area contributed by atoms with Crippen molar-refractivity contribution in [3.8, 4) is 0 Å². The number of non-ortho nitro benzene ring substituents is 2. The smallest absolute Gasteiger partial charge is 0.277 e. The van der Waals surface area contributed by atoms with Crippen LogP contribution in [0.2, 0.25) is 5.02 Å². The van der Waals surface area contributed by atoms with E-state index < -0.39 is 27.1 Å². The fourth-order valence-corrected chi connectivity index (χ4v) is 1.80. The summed E-state index contributed by atoms with van der Waals surface area (Å²) in [5, 5.41) is 24.5. The van der Waals surface area contributed by atoms with Gasteiger partial charge >= 0.3 is 0 Å². The molecule has 0 heterocycles. The molecule has 0 unspecified atom stereocenters. The lowest BCUT2D eigenvalue weighted by molar-refractivity contribution is -0.394. The molecule has 0 bridgehead atoms. The van der Waals surface area contributed by atoms with Crippen LogP contribution in [0.3, 0.4) is 0 Å². The molecule has 1 amide bonds. The molecule has 2 rings (SSSR count). The Morgan fingerprint density at radius 3 is 1.91 bits per heavy atom. The minimum Gasteiger partial charge on any atom is -0.322 e. The lowest BCUT2D eigenvalue weighted by atomic mass is 10.1. The van der Waals surface area contributed by atoms with Gasteiger partial charge in [0.2, 0.25) is 0 Å². The Hall–Kier alpha value is -3.00. The van der Waals surface area contributed by atoms with Gasteiger partial charge in [0.25, 0.3) is 17.3 Å². The fourth-order valence-electron chi connectivity index (χ4n) is 1.67. The van der Waals surface area contributed by atoms with Crippen LogP contribution < -0.4 is 5.32 Å². The van der Waals surface area contributed by atoms with Crippen molar-refractivity contribution in [2.45, 2.75) is 0 Å². The Balaban J connectivity index is 2.34. The van der Waals surface area contributed by atoms with Gasteiger partial charge in [0, 0.05) is 22.8 Å². The van der Waals surface area contributed by atoms with Gasteiger partial charge in [-0.2, -0.15) is 0 Å². The van der Waals surface area contributed by atoms with E-state index in [0.717, 1.165) is 18.2 Å². The van der Waals surface area contributed by atoms with E-state index in [1.54, 1.807) is 12.1 Å². The Kier molecular flexibility index (Phi) is 4.33. The maximum absolute atomic E-state index is 12.1. The maximum Gasteiger partial charge on any atom is 0.277 e. The van der Waals surface area contributed by atoms with E-state index in [0.29, 0.717) is 10.7 Å². The van der Waals surface area contributed by atoms with Crippen LogP contribution in [0.4, 0.5) is 17.1 Å². The molecule has 1 N–H and O–H groups in total. The largest absolute Gasteiger partial charge is 0.322 e. The zero-order chi connectivity index (χ0) is 16.3.